The summed E-state index contributed by atoms with van der Waals surface area (Å²) in [5.74, 6) is 1.33. The van der Waals surface area contributed by atoms with Crippen LogP contribution in [0.1, 0.15) is 42.9 Å². The van der Waals surface area contributed by atoms with E-state index in [1.807, 2.05) is 18.5 Å². The molecule has 1 saturated heterocycles. The minimum Gasteiger partial charge on any atom is -0.317 e. The van der Waals surface area contributed by atoms with Crippen molar-refractivity contribution in [2.75, 3.05) is 13.1 Å². The average molecular weight is 439 g/mol. The highest BCUT2D eigenvalue weighted by molar-refractivity contribution is 9.10. The molecule has 3 aromatic heterocycles. The average Bonchev–Trinajstić information content (AvgIpc) is 3.58. The Kier molecular flexibility index (Phi) is 5.05. The molecule has 2 aliphatic rings. The predicted molar refractivity (Wildman–Crippen MR) is 113 cm³/mol. The van der Waals surface area contributed by atoms with Gasteiger partial charge in [0.1, 0.15) is 0 Å². The van der Waals surface area contributed by atoms with Gasteiger partial charge in [-0.1, -0.05) is 0 Å². The minimum atomic E-state index is 0.536. The summed E-state index contributed by atoms with van der Waals surface area (Å²) < 4.78 is 0.901. The molecule has 0 radical (unpaired) electrons. The molecular formula is C21H23BrN6. The van der Waals surface area contributed by atoms with E-state index in [0.717, 1.165) is 59.5 Å². The van der Waals surface area contributed by atoms with Crippen LogP contribution >= 0.6 is 15.9 Å². The van der Waals surface area contributed by atoms with Crippen molar-refractivity contribution in [1.82, 2.24) is 30.6 Å². The Morgan fingerprint density at radius 1 is 1.04 bits per heavy atom. The Morgan fingerprint density at radius 3 is 2.68 bits per heavy atom. The van der Waals surface area contributed by atoms with Gasteiger partial charge in [0.2, 0.25) is 0 Å². The highest BCUT2D eigenvalue weighted by Gasteiger charge is 2.28. The van der Waals surface area contributed by atoms with Crippen molar-refractivity contribution in [3.8, 4) is 11.4 Å². The lowest BCUT2D eigenvalue weighted by molar-refractivity contribution is 0.385. The molecule has 2 N–H and O–H groups in total. The lowest BCUT2D eigenvalue weighted by Crippen LogP contribution is -2.39. The van der Waals surface area contributed by atoms with E-state index < -0.39 is 0 Å². The van der Waals surface area contributed by atoms with Gasteiger partial charge in [0.25, 0.3) is 0 Å². The molecule has 0 unspecified atom stereocenters. The summed E-state index contributed by atoms with van der Waals surface area (Å²) in [7, 11) is 0. The zero-order chi connectivity index (χ0) is 18.9. The van der Waals surface area contributed by atoms with Gasteiger partial charge in [0.15, 0.2) is 5.82 Å². The summed E-state index contributed by atoms with van der Waals surface area (Å²) in [5, 5.41) is 8.35. The van der Waals surface area contributed by atoms with Crippen LogP contribution in [0, 0.1) is 0 Å². The largest absolute Gasteiger partial charge is 0.317 e. The highest BCUT2D eigenvalue weighted by atomic mass is 79.9. The molecular weight excluding hydrogens is 416 g/mol. The summed E-state index contributed by atoms with van der Waals surface area (Å²) >= 11 is 3.59. The third kappa shape index (κ3) is 3.66. The van der Waals surface area contributed by atoms with Crippen molar-refractivity contribution in [1.29, 1.82) is 0 Å². The number of fused-ring (bicyclic) bond motifs is 1. The van der Waals surface area contributed by atoms with E-state index in [-0.39, 0.29) is 0 Å². The van der Waals surface area contributed by atoms with E-state index in [9.17, 15) is 0 Å². The Labute approximate surface area is 172 Å². The van der Waals surface area contributed by atoms with Crippen LogP contribution in [0.5, 0.6) is 0 Å². The predicted octanol–water partition coefficient (Wildman–Crippen LogP) is 3.57. The third-order valence-corrected chi connectivity index (χ3v) is 6.27. The standard InChI is InChI=1S/C21H23BrN6/c22-17-10-24-8-5-15(17)21-27-18-11-25-9-16(13-1-2-13)20(18)19(28-21)12-26-14-3-6-23-7-4-14/h5,8-11,13-14,23,26H,1-4,6-7,12H2. The van der Waals surface area contributed by atoms with Crippen molar-refractivity contribution in [3.63, 3.8) is 0 Å². The summed E-state index contributed by atoms with van der Waals surface area (Å²) in [6.45, 7) is 2.91. The van der Waals surface area contributed by atoms with Crippen LogP contribution in [-0.4, -0.2) is 39.1 Å². The van der Waals surface area contributed by atoms with Crippen molar-refractivity contribution in [3.05, 3.63) is 46.6 Å². The fraction of sp³-hybridized carbons (Fsp3) is 0.429. The zero-order valence-electron chi connectivity index (χ0n) is 15.7. The number of piperidine rings is 1. The molecule has 0 bridgehead atoms. The first kappa shape index (κ1) is 18.1. The maximum atomic E-state index is 5.01. The summed E-state index contributed by atoms with van der Waals surface area (Å²) in [6, 6.07) is 2.49. The molecule has 144 valence electrons. The maximum absolute atomic E-state index is 5.01. The van der Waals surface area contributed by atoms with Crippen molar-refractivity contribution >= 4 is 26.8 Å². The topological polar surface area (TPSA) is 75.6 Å². The van der Waals surface area contributed by atoms with Gasteiger partial charge in [-0.2, -0.15) is 0 Å². The van der Waals surface area contributed by atoms with Crippen LogP contribution in [0.4, 0.5) is 0 Å². The van der Waals surface area contributed by atoms with Crippen LogP contribution in [-0.2, 0) is 6.54 Å². The van der Waals surface area contributed by atoms with E-state index in [0.29, 0.717) is 12.0 Å². The minimum absolute atomic E-state index is 0.536. The molecule has 5 rings (SSSR count). The number of hydrogen-bond acceptors (Lipinski definition) is 6. The number of nitrogens with one attached hydrogen (secondary N) is 2. The fourth-order valence-corrected chi connectivity index (χ4v) is 4.39. The molecule has 28 heavy (non-hydrogen) atoms. The first-order valence-electron chi connectivity index (χ1n) is 9.98. The van der Waals surface area contributed by atoms with E-state index >= 15 is 0 Å². The highest BCUT2D eigenvalue weighted by Crippen LogP contribution is 2.43. The second kappa shape index (κ2) is 7.81. The monoisotopic (exact) mass is 438 g/mol. The molecule has 7 heteroatoms. The molecule has 1 aliphatic heterocycles. The summed E-state index contributed by atoms with van der Waals surface area (Å²) in [6.07, 6.45) is 12.2. The first-order chi connectivity index (χ1) is 13.8. The molecule has 0 aromatic carbocycles. The maximum Gasteiger partial charge on any atom is 0.161 e. The van der Waals surface area contributed by atoms with Gasteiger partial charge >= 0.3 is 0 Å². The fourth-order valence-electron chi connectivity index (χ4n) is 3.96. The molecule has 0 spiro atoms. The van der Waals surface area contributed by atoms with Crippen LogP contribution in [0.2, 0.25) is 0 Å². The van der Waals surface area contributed by atoms with Crippen LogP contribution in [0.15, 0.2) is 35.3 Å². The molecule has 2 fully saturated rings. The molecule has 1 aliphatic carbocycles. The molecule has 6 nitrogen and oxygen atoms in total. The third-order valence-electron chi connectivity index (χ3n) is 5.64. The van der Waals surface area contributed by atoms with E-state index in [2.05, 4.69) is 36.5 Å². The number of pyridine rings is 2. The van der Waals surface area contributed by atoms with Gasteiger partial charge in [-0.05, 0) is 72.3 Å². The van der Waals surface area contributed by atoms with Crippen molar-refractivity contribution in [2.45, 2.75) is 44.2 Å². The Bertz CT molecular complexity index is 997. The van der Waals surface area contributed by atoms with Gasteiger partial charge in [-0.25, -0.2) is 9.97 Å². The second-order valence-electron chi connectivity index (χ2n) is 7.65. The Morgan fingerprint density at radius 2 is 1.89 bits per heavy atom. The SMILES string of the molecule is Brc1cnccc1-c1nc(CNC2CCNCC2)c2c(C3CC3)cncc2n1. The van der Waals surface area contributed by atoms with E-state index in [1.54, 1.807) is 12.4 Å². The molecule has 3 aromatic rings. The van der Waals surface area contributed by atoms with Crippen molar-refractivity contribution in [2.24, 2.45) is 0 Å². The van der Waals surface area contributed by atoms with Gasteiger partial charge in [-0.15, -0.1) is 0 Å². The first-order valence-corrected chi connectivity index (χ1v) is 10.8. The second-order valence-corrected chi connectivity index (χ2v) is 8.51. The quantitative estimate of drug-likeness (QED) is 0.633. The molecule has 4 heterocycles. The molecule has 0 atom stereocenters. The van der Waals surface area contributed by atoms with Gasteiger partial charge < -0.3 is 10.6 Å². The lowest BCUT2D eigenvalue weighted by atomic mass is 10.0. The molecule has 0 amide bonds. The normalized spacial score (nSPS) is 17.9. The van der Waals surface area contributed by atoms with E-state index in [1.165, 1.54) is 23.8 Å². The van der Waals surface area contributed by atoms with Gasteiger partial charge in [0, 0.05) is 46.6 Å². The van der Waals surface area contributed by atoms with Crippen LogP contribution in [0.25, 0.3) is 22.3 Å². The number of halogens is 1. The number of hydrogen-bond donors (Lipinski definition) is 2. The van der Waals surface area contributed by atoms with E-state index in [4.69, 9.17) is 9.97 Å². The summed E-state index contributed by atoms with van der Waals surface area (Å²) in [5.41, 5.74) is 4.27. The number of rotatable bonds is 5. The summed E-state index contributed by atoms with van der Waals surface area (Å²) in [4.78, 5) is 18.5. The van der Waals surface area contributed by atoms with Gasteiger partial charge in [0.05, 0.1) is 17.4 Å². The number of aromatic nitrogens is 4. The Hall–Kier alpha value is -1.96. The van der Waals surface area contributed by atoms with Crippen molar-refractivity contribution < 1.29 is 0 Å². The smallest absolute Gasteiger partial charge is 0.161 e. The zero-order valence-corrected chi connectivity index (χ0v) is 17.2. The van der Waals surface area contributed by atoms with Crippen LogP contribution < -0.4 is 10.6 Å². The molecule has 1 saturated carbocycles. The van der Waals surface area contributed by atoms with Crippen LogP contribution in [0.3, 0.4) is 0 Å². The Balaban J connectivity index is 1.58. The van der Waals surface area contributed by atoms with Gasteiger partial charge in [-0.3, -0.25) is 9.97 Å². The number of nitrogens with zero attached hydrogens (tertiary/aromatic N) is 4. The lowest BCUT2D eigenvalue weighted by Gasteiger charge is -2.24.